The predicted molar refractivity (Wildman–Crippen MR) is 172 cm³/mol. The van der Waals surface area contributed by atoms with Crippen LogP contribution in [0.1, 0.15) is 49.3 Å². The minimum Gasteiger partial charge on any atom is -0.493 e. The molecule has 0 heterocycles. The SMILES string of the molecule is COc1ccc(S(=O)(=O)N(CC(=O)N(Cc2ccccc2Cl)[C@@H](C)C(=O)NC2CCCC2)c2cc(C)cc(C)c2)cc1OC. The molecule has 2 amide bonds. The van der Waals surface area contributed by atoms with Crippen molar-refractivity contribution in [1.29, 1.82) is 0 Å². The van der Waals surface area contributed by atoms with Crippen LogP contribution in [0, 0.1) is 13.8 Å². The highest BCUT2D eigenvalue weighted by Crippen LogP contribution is 2.33. The van der Waals surface area contributed by atoms with Crippen LogP contribution in [0.2, 0.25) is 5.02 Å². The first-order valence-electron chi connectivity index (χ1n) is 14.6. The molecule has 9 nitrogen and oxygen atoms in total. The maximum atomic E-state index is 14.3. The number of anilines is 1. The maximum absolute atomic E-state index is 14.3. The largest absolute Gasteiger partial charge is 0.493 e. The second kappa shape index (κ2) is 14.3. The van der Waals surface area contributed by atoms with Gasteiger partial charge in [-0.2, -0.15) is 0 Å². The zero-order valence-corrected chi connectivity index (χ0v) is 27.4. The summed E-state index contributed by atoms with van der Waals surface area (Å²) in [6.45, 7) is 4.85. The Hall–Kier alpha value is -3.76. The fourth-order valence-corrected chi connectivity index (χ4v) is 7.12. The molecule has 236 valence electrons. The van der Waals surface area contributed by atoms with Crippen LogP contribution in [0.25, 0.3) is 0 Å². The van der Waals surface area contributed by atoms with Gasteiger partial charge in [0.1, 0.15) is 12.6 Å². The van der Waals surface area contributed by atoms with Gasteiger partial charge in [-0.25, -0.2) is 8.42 Å². The van der Waals surface area contributed by atoms with Crippen LogP contribution in [0.4, 0.5) is 5.69 Å². The van der Waals surface area contributed by atoms with Gasteiger partial charge < -0.3 is 19.7 Å². The van der Waals surface area contributed by atoms with E-state index < -0.39 is 28.5 Å². The number of hydrogen-bond acceptors (Lipinski definition) is 6. The van der Waals surface area contributed by atoms with Gasteiger partial charge in [-0.1, -0.05) is 48.7 Å². The number of ether oxygens (including phenoxy) is 2. The monoisotopic (exact) mass is 641 g/mol. The third-order valence-corrected chi connectivity index (χ3v) is 10.0. The summed E-state index contributed by atoms with van der Waals surface area (Å²) in [6.07, 6.45) is 3.86. The van der Waals surface area contributed by atoms with E-state index in [0.29, 0.717) is 22.0 Å². The van der Waals surface area contributed by atoms with E-state index in [1.54, 1.807) is 43.3 Å². The lowest BCUT2D eigenvalue weighted by Gasteiger charge is -2.33. The molecule has 0 spiro atoms. The molecule has 44 heavy (non-hydrogen) atoms. The molecule has 1 aliphatic rings. The molecule has 0 bridgehead atoms. The van der Waals surface area contributed by atoms with E-state index in [2.05, 4.69) is 5.32 Å². The maximum Gasteiger partial charge on any atom is 0.264 e. The average Bonchev–Trinajstić information content (AvgIpc) is 3.51. The van der Waals surface area contributed by atoms with Crippen molar-refractivity contribution in [1.82, 2.24) is 10.2 Å². The Morgan fingerprint density at radius 1 is 0.955 bits per heavy atom. The summed E-state index contributed by atoms with van der Waals surface area (Å²) in [5, 5.41) is 3.51. The lowest BCUT2D eigenvalue weighted by atomic mass is 10.1. The highest BCUT2D eigenvalue weighted by molar-refractivity contribution is 7.92. The molecule has 1 saturated carbocycles. The van der Waals surface area contributed by atoms with Crippen molar-refractivity contribution in [3.8, 4) is 11.5 Å². The molecule has 1 fully saturated rings. The van der Waals surface area contributed by atoms with Crippen molar-refractivity contribution >= 4 is 39.1 Å². The second-order valence-electron chi connectivity index (χ2n) is 11.2. The van der Waals surface area contributed by atoms with Crippen molar-refractivity contribution < 1.29 is 27.5 Å². The number of amides is 2. The Balaban J connectivity index is 1.75. The van der Waals surface area contributed by atoms with Crippen LogP contribution < -0.4 is 19.1 Å². The van der Waals surface area contributed by atoms with Gasteiger partial charge in [0.05, 0.1) is 24.8 Å². The number of nitrogens with zero attached hydrogens (tertiary/aromatic N) is 2. The summed E-state index contributed by atoms with van der Waals surface area (Å²) in [5.41, 5.74) is 2.63. The topological polar surface area (TPSA) is 105 Å². The Morgan fingerprint density at radius 3 is 2.20 bits per heavy atom. The normalized spacial score (nSPS) is 14.1. The van der Waals surface area contributed by atoms with E-state index >= 15 is 0 Å². The smallest absolute Gasteiger partial charge is 0.264 e. The molecule has 3 aromatic carbocycles. The van der Waals surface area contributed by atoms with E-state index in [9.17, 15) is 18.0 Å². The molecular weight excluding hydrogens is 602 g/mol. The van der Waals surface area contributed by atoms with Crippen LogP contribution in [-0.2, 0) is 26.2 Å². The zero-order valence-electron chi connectivity index (χ0n) is 25.8. The number of benzene rings is 3. The zero-order chi connectivity index (χ0) is 32.0. The number of nitrogens with one attached hydrogen (secondary N) is 1. The van der Waals surface area contributed by atoms with E-state index in [0.717, 1.165) is 41.1 Å². The van der Waals surface area contributed by atoms with Gasteiger partial charge in [0, 0.05) is 23.7 Å². The minimum absolute atomic E-state index is 0.0227. The van der Waals surface area contributed by atoms with Gasteiger partial charge in [0.2, 0.25) is 11.8 Å². The van der Waals surface area contributed by atoms with Gasteiger partial charge in [0.15, 0.2) is 11.5 Å². The lowest BCUT2D eigenvalue weighted by molar-refractivity contribution is -0.139. The summed E-state index contributed by atoms with van der Waals surface area (Å²) >= 11 is 6.47. The summed E-state index contributed by atoms with van der Waals surface area (Å²) < 4.78 is 40.3. The lowest BCUT2D eigenvalue weighted by Crippen LogP contribution is -2.52. The van der Waals surface area contributed by atoms with Gasteiger partial charge in [-0.05, 0) is 80.6 Å². The standard InChI is InChI=1S/C33H40ClN3O6S/c1-22-16-23(2)18-27(17-22)37(44(40,41)28-14-15-30(42-4)31(19-28)43-5)21-32(38)36(20-25-10-6-9-13-29(25)34)24(3)33(39)35-26-11-7-8-12-26/h6,9-10,13-19,24,26H,7-8,11-12,20-21H2,1-5H3,(H,35,39)/t24-/m0/s1. The molecule has 11 heteroatoms. The number of carbonyl (C=O) groups is 2. The van der Waals surface area contributed by atoms with Crippen LogP contribution in [0.3, 0.4) is 0 Å². The van der Waals surface area contributed by atoms with Crippen LogP contribution >= 0.6 is 11.6 Å². The number of carbonyl (C=O) groups excluding carboxylic acids is 2. The molecular formula is C33H40ClN3O6S. The summed E-state index contributed by atoms with van der Waals surface area (Å²) in [6, 6.07) is 15.9. The number of hydrogen-bond donors (Lipinski definition) is 1. The van der Waals surface area contributed by atoms with Crippen molar-refractivity contribution in [3.63, 3.8) is 0 Å². The van der Waals surface area contributed by atoms with Crippen LogP contribution in [-0.4, -0.2) is 58.0 Å². The number of aryl methyl sites for hydroxylation is 2. The first-order valence-corrected chi connectivity index (χ1v) is 16.4. The first-order chi connectivity index (χ1) is 20.9. The van der Waals surface area contributed by atoms with E-state index in [1.165, 1.54) is 37.3 Å². The van der Waals surface area contributed by atoms with Gasteiger partial charge >= 0.3 is 0 Å². The number of methoxy groups -OCH3 is 2. The number of sulfonamides is 1. The Kier molecular flexibility index (Phi) is 10.8. The molecule has 4 rings (SSSR count). The van der Waals surface area contributed by atoms with Gasteiger partial charge in [-0.3, -0.25) is 13.9 Å². The summed E-state index contributed by atoms with van der Waals surface area (Å²) in [4.78, 5) is 29.0. The molecule has 0 unspecified atom stereocenters. The molecule has 0 aromatic heterocycles. The highest BCUT2D eigenvalue weighted by Gasteiger charge is 2.34. The van der Waals surface area contributed by atoms with Crippen molar-refractivity contribution in [2.45, 2.75) is 70.0 Å². The predicted octanol–water partition coefficient (Wildman–Crippen LogP) is 5.65. The second-order valence-corrected chi connectivity index (χ2v) is 13.4. The third kappa shape index (κ3) is 7.65. The van der Waals surface area contributed by atoms with Gasteiger partial charge in [-0.15, -0.1) is 0 Å². The van der Waals surface area contributed by atoms with E-state index in [-0.39, 0.29) is 29.1 Å². The first kappa shape index (κ1) is 33.1. The molecule has 0 aliphatic heterocycles. The Morgan fingerprint density at radius 2 is 1.59 bits per heavy atom. The molecule has 3 aromatic rings. The van der Waals surface area contributed by atoms with E-state index in [1.807, 2.05) is 19.9 Å². The third-order valence-electron chi connectivity index (χ3n) is 7.88. The molecule has 0 radical (unpaired) electrons. The molecule has 0 saturated heterocycles. The van der Waals surface area contributed by atoms with Crippen molar-refractivity contribution in [3.05, 3.63) is 82.4 Å². The minimum atomic E-state index is -4.30. The van der Waals surface area contributed by atoms with Crippen LogP contribution in [0.5, 0.6) is 11.5 Å². The van der Waals surface area contributed by atoms with Crippen LogP contribution in [0.15, 0.2) is 65.6 Å². The molecule has 1 atom stereocenters. The fraction of sp³-hybridized carbons (Fsp3) is 0.394. The van der Waals surface area contributed by atoms with Crippen molar-refractivity contribution in [2.75, 3.05) is 25.1 Å². The van der Waals surface area contributed by atoms with E-state index in [4.69, 9.17) is 21.1 Å². The Bertz CT molecular complexity index is 1590. The Labute approximate surface area is 265 Å². The highest BCUT2D eigenvalue weighted by atomic mass is 35.5. The number of rotatable bonds is 12. The molecule has 1 aliphatic carbocycles. The summed E-state index contributed by atoms with van der Waals surface area (Å²) in [7, 11) is -1.41. The van der Waals surface area contributed by atoms with Gasteiger partial charge in [0.25, 0.3) is 10.0 Å². The average molecular weight is 642 g/mol. The molecule has 1 N–H and O–H groups in total. The number of halogens is 1. The summed E-state index contributed by atoms with van der Waals surface area (Å²) in [5.74, 6) is -0.244. The van der Waals surface area contributed by atoms with Crippen molar-refractivity contribution in [2.24, 2.45) is 0 Å². The quantitative estimate of drug-likeness (QED) is 0.274. The fourth-order valence-electron chi connectivity index (χ4n) is 5.51.